The number of halogens is 2. The monoisotopic (exact) mass is 380 g/mol. The van der Waals surface area contributed by atoms with Crippen LogP contribution in [0.3, 0.4) is 0 Å². The van der Waals surface area contributed by atoms with Gasteiger partial charge in [0.25, 0.3) is 0 Å². The number of carbonyl (C=O) groups is 1. The zero-order valence-electron chi connectivity index (χ0n) is 13.6. The van der Waals surface area contributed by atoms with Crippen LogP contribution in [0.1, 0.15) is 25.1 Å². The number of benzene rings is 1. The predicted octanol–water partition coefficient (Wildman–Crippen LogP) is 3.40. The second kappa shape index (κ2) is 7.17. The molecule has 0 fully saturated rings. The molecule has 1 N–H and O–H groups in total. The molecule has 2 heterocycles. The maximum absolute atomic E-state index is 13.0. The fourth-order valence-corrected chi connectivity index (χ4v) is 2.65. The lowest BCUT2D eigenvalue weighted by atomic mass is 10.2. The van der Waals surface area contributed by atoms with Crippen LogP contribution in [0.5, 0.6) is 5.75 Å². The van der Waals surface area contributed by atoms with Crippen molar-refractivity contribution in [1.82, 2.24) is 9.55 Å². The SMILES string of the molecule is C[C@@H](Oc1cc2oc(=O)n(CCC(=O)O)c2cc1Cl)c1ccc(F)cn1. The van der Waals surface area contributed by atoms with E-state index in [0.717, 1.165) is 6.20 Å². The maximum atomic E-state index is 13.0. The topological polar surface area (TPSA) is 94.6 Å². The van der Waals surface area contributed by atoms with E-state index >= 15 is 0 Å². The molecule has 9 heteroatoms. The van der Waals surface area contributed by atoms with Crippen LogP contribution < -0.4 is 10.5 Å². The molecule has 3 rings (SSSR count). The number of ether oxygens (including phenoxy) is 1. The number of fused-ring (bicyclic) bond motifs is 1. The standard InChI is InChI=1S/C17H14ClFN2O5/c1-9(12-3-2-10(19)8-20-12)25-14-7-15-13(6-11(14)18)21(17(24)26-15)5-4-16(22)23/h2-3,6-9H,4-5H2,1H3,(H,22,23)/t9-/m1/s1. The van der Waals surface area contributed by atoms with Gasteiger partial charge in [0.05, 0.1) is 28.9 Å². The van der Waals surface area contributed by atoms with Gasteiger partial charge in [-0.25, -0.2) is 9.18 Å². The Morgan fingerprint density at radius 1 is 1.46 bits per heavy atom. The number of carboxylic acid groups (broad SMARTS) is 1. The Morgan fingerprint density at radius 2 is 2.23 bits per heavy atom. The van der Waals surface area contributed by atoms with Crippen LogP contribution >= 0.6 is 11.6 Å². The number of aryl methyl sites for hydroxylation is 1. The third kappa shape index (κ3) is 3.70. The summed E-state index contributed by atoms with van der Waals surface area (Å²) in [6, 6.07) is 5.70. The molecule has 7 nitrogen and oxygen atoms in total. The first-order valence-electron chi connectivity index (χ1n) is 7.68. The largest absolute Gasteiger partial charge is 0.483 e. The van der Waals surface area contributed by atoms with Crippen LogP contribution in [0.25, 0.3) is 11.1 Å². The zero-order chi connectivity index (χ0) is 18.8. The van der Waals surface area contributed by atoms with Crippen molar-refractivity contribution in [3.63, 3.8) is 0 Å². The number of aromatic nitrogens is 2. The molecule has 3 aromatic rings. The van der Waals surface area contributed by atoms with Crippen molar-refractivity contribution in [3.05, 3.63) is 57.5 Å². The fourth-order valence-electron chi connectivity index (χ4n) is 2.45. The number of oxazole rings is 1. The Kier molecular flexibility index (Phi) is 4.94. The summed E-state index contributed by atoms with van der Waals surface area (Å²) in [6.45, 7) is 1.68. The summed E-state index contributed by atoms with van der Waals surface area (Å²) >= 11 is 6.23. The van der Waals surface area contributed by atoms with Gasteiger partial charge in [0.15, 0.2) is 5.58 Å². The van der Waals surface area contributed by atoms with E-state index in [1.54, 1.807) is 6.92 Å². The lowest BCUT2D eigenvalue weighted by Crippen LogP contribution is -2.16. The second-order valence-corrected chi connectivity index (χ2v) is 5.98. The van der Waals surface area contributed by atoms with E-state index in [0.29, 0.717) is 11.2 Å². The molecule has 1 atom stereocenters. The molecule has 0 saturated heterocycles. The van der Waals surface area contributed by atoms with Crippen LogP contribution in [-0.2, 0) is 11.3 Å². The molecule has 0 aliphatic rings. The molecule has 26 heavy (non-hydrogen) atoms. The van der Waals surface area contributed by atoms with Crippen LogP contribution in [-0.4, -0.2) is 20.6 Å². The Bertz CT molecular complexity index is 1010. The Hall–Kier alpha value is -2.87. The molecule has 0 saturated carbocycles. The maximum Gasteiger partial charge on any atom is 0.419 e. The van der Waals surface area contributed by atoms with Gasteiger partial charge in [-0.1, -0.05) is 11.6 Å². The van der Waals surface area contributed by atoms with Gasteiger partial charge in [-0.05, 0) is 25.1 Å². The predicted molar refractivity (Wildman–Crippen MR) is 91.0 cm³/mol. The first-order chi connectivity index (χ1) is 12.3. The second-order valence-electron chi connectivity index (χ2n) is 5.58. The van der Waals surface area contributed by atoms with E-state index in [1.807, 2.05) is 0 Å². The quantitative estimate of drug-likeness (QED) is 0.704. The molecule has 136 valence electrons. The highest BCUT2D eigenvalue weighted by Crippen LogP contribution is 2.32. The molecular formula is C17H14ClFN2O5. The van der Waals surface area contributed by atoms with E-state index < -0.39 is 23.6 Å². The van der Waals surface area contributed by atoms with Gasteiger partial charge in [-0.2, -0.15) is 0 Å². The first-order valence-corrected chi connectivity index (χ1v) is 8.05. The zero-order valence-corrected chi connectivity index (χ0v) is 14.4. The number of aliphatic carboxylic acids is 1. The van der Waals surface area contributed by atoms with Crippen molar-refractivity contribution in [2.45, 2.75) is 26.0 Å². The highest BCUT2D eigenvalue weighted by Gasteiger charge is 2.17. The van der Waals surface area contributed by atoms with Gasteiger partial charge in [0.2, 0.25) is 0 Å². The number of hydrogen-bond donors (Lipinski definition) is 1. The first kappa shape index (κ1) is 17.9. The van der Waals surface area contributed by atoms with Crippen molar-refractivity contribution < 1.29 is 23.4 Å². The van der Waals surface area contributed by atoms with Crippen LogP contribution in [0, 0.1) is 5.82 Å². The van der Waals surface area contributed by atoms with Crippen LogP contribution in [0.4, 0.5) is 4.39 Å². The van der Waals surface area contributed by atoms with Crippen molar-refractivity contribution >= 4 is 28.7 Å². The molecule has 2 aromatic heterocycles. The lowest BCUT2D eigenvalue weighted by molar-refractivity contribution is -0.137. The normalized spacial score (nSPS) is 12.3. The average Bonchev–Trinajstić information content (AvgIpc) is 2.88. The molecule has 1 aromatic carbocycles. The number of carboxylic acids is 1. The summed E-state index contributed by atoms with van der Waals surface area (Å²) < 4.78 is 25.0. The Balaban J connectivity index is 1.90. The minimum absolute atomic E-state index is 0.0341. The van der Waals surface area contributed by atoms with Crippen LogP contribution in [0.2, 0.25) is 5.02 Å². The van der Waals surface area contributed by atoms with E-state index in [2.05, 4.69) is 4.98 Å². The number of rotatable bonds is 6. The van der Waals surface area contributed by atoms with Crippen LogP contribution in [0.15, 0.2) is 39.7 Å². The minimum atomic E-state index is -1.03. The summed E-state index contributed by atoms with van der Waals surface area (Å²) in [4.78, 5) is 26.6. The average molecular weight is 381 g/mol. The molecule has 0 aliphatic heterocycles. The number of pyridine rings is 1. The van der Waals surface area contributed by atoms with E-state index in [-0.39, 0.29) is 29.3 Å². The van der Waals surface area contributed by atoms with Gasteiger partial charge < -0.3 is 14.3 Å². The highest BCUT2D eigenvalue weighted by atomic mass is 35.5. The fraction of sp³-hybridized carbons (Fsp3) is 0.235. The highest BCUT2D eigenvalue weighted by molar-refractivity contribution is 6.32. The van der Waals surface area contributed by atoms with Crippen molar-refractivity contribution in [3.8, 4) is 5.75 Å². The smallest absolute Gasteiger partial charge is 0.419 e. The van der Waals surface area contributed by atoms with E-state index in [4.69, 9.17) is 25.9 Å². The van der Waals surface area contributed by atoms with E-state index in [1.165, 1.54) is 28.8 Å². The number of hydrogen-bond acceptors (Lipinski definition) is 5. The molecule has 0 spiro atoms. The van der Waals surface area contributed by atoms with Gasteiger partial charge in [-0.15, -0.1) is 0 Å². The summed E-state index contributed by atoms with van der Waals surface area (Å²) in [5.41, 5.74) is 1.10. The third-order valence-corrected chi connectivity index (χ3v) is 4.04. The molecule has 0 radical (unpaired) electrons. The molecule has 0 unspecified atom stereocenters. The minimum Gasteiger partial charge on any atom is -0.483 e. The van der Waals surface area contributed by atoms with Crippen molar-refractivity contribution in [1.29, 1.82) is 0 Å². The van der Waals surface area contributed by atoms with Crippen molar-refractivity contribution in [2.24, 2.45) is 0 Å². The summed E-state index contributed by atoms with van der Waals surface area (Å²) in [5.74, 6) is -1.90. The molecule has 0 bridgehead atoms. The number of nitrogens with zero attached hydrogens (tertiary/aromatic N) is 2. The molecular weight excluding hydrogens is 367 g/mol. The van der Waals surface area contributed by atoms with Gasteiger partial charge in [0, 0.05) is 12.6 Å². The Labute approximate surface area is 151 Å². The van der Waals surface area contributed by atoms with E-state index in [9.17, 15) is 14.0 Å². The Morgan fingerprint density at radius 3 is 2.88 bits per heavy atom. The van der Waals surface area contributed by atoms with Crippen molar-refractivity contribution in [2.75, 3.05) is 0 Å². The summed E-state index contributed by atoms with van der Waals surface area (Å²) in [6.07, 6.45) is 0.339. The summed E-state index contributed by atoms with van der Waals surface area (Å²) in [7, 11) is 0. The van der Waals surface area contributed by atoms with Gasteiger partial charge >= 0.3 is 11.7 Å². The van der Waals surface area contributed by atoms with Gasteiger partial charge in [-0.3, -0.25) is 14.3 Å². The molecule has 0 amide bonds. The molecule has 0 aliphatic carbocycles. The lowest BCUT2D eigenvalue weighted by Gasteiger charge is -2.15. The summed E-state index contributed by atoms with van der Waals surface area (Å²) in [5, 5.41) is 9.00. The third-order valence-electron chi connectivity index (χ3n) is 3.74. The van der Waals surface area contributed by atoms with Gasteiger partial charge in [0.1, 0.15) is 17.7 Å².